The molecule has 0 bridgehead atoms. The van der Waals surface area contributed by atoms with E-state index in [-0.39, 0.29) is 5.91 Å². The number of hydrogen-bond donors (Lipinski definition) is 1. The summed E-state index contributed by atoms with van der Waals surface area (Å²) in [6, 6.07) is 2.07. The Balaban J connectivity index is 1.45. The molecule has 1 fully saturated rings. The number of nitrogens with one attached hydrogen (secondary N) is 1. The molecule has 3 heterocycles. The summed E-state index contributed by atoms with van der Waals surface area (Å²) < 4.78 is 9.93. The SMILES string of the molecule is Cc1cc(NC(=O)CN2CC[C@H](N(C)Cc3noc(C)n3)C2)no1. The smallest absolute Gasteiger partial charge is 0.239 e. The van der Waals surface area contributed by atoms with E-state index in [2.05, 4.69) is 30.4 Å². The second-order valence-corrected chi connectivity index (χ2v) is 6.19. The molecule has 0 aromatic carbocycles. The molecule has 9 heteroatoms. The summed E-state index contributed by atoms with van der Waals surface area (Å²) in [6.45, 7) is 6.26. The van der Waals surface area contributed by atoms with Crippen molar-refractivity contribution in [3.63, 3.8) is 0 Å². The van der Waals surface area contributed by atoms with Crippen LogP contribution in [0.3, 0.4) is 0 Å². The van der Waals surface area contributed by atoms with E-state index in [1.165, 1.54) is 0 Å². The maximum absolute atomic E-state index is 12.1. The van der Waals surface area contributed by atoms with Gasteiger partial charge in [0.2, 0.25) is 11.8 Å². The molecular weight excluding hydrogens is 312 g/mol. The zero-order chi connectivity index (χ0) is 17.1. The quantitative estimate of drug-likeness (QED) is 0.828. The zero-order valence-electron chi connectivity index (χ0n) is 14.2. The first kappa shape index (κ1) is 16.6. The van der Waals surface area contributed by atoms with Gasteiger partial charge in [-0.3, -0.25) is 14.6 Å². The normalized spacial score (nSPS) is 18.4. The van der Waals surface area contributed by atoms with Crippen molar-refractivity contribution in [2.75, 3.05) is 32.0 Å². The van der Waals surface area contributed by atoms with Crippen LogP contribution in [-0.2, 0) is 11.3 Å². The molecule has 9 nitrogen and oxygen atoms in total. The average molecular weight is 334 g/mol. The van der Waals surface area contributed by atoms with Gasteiger partial charge in [-0.15, -0.1) is 0 Å². The van der Waals surface area contributed by atoms with Gasteiger partial charge in [0, 0.05) is 32.1 Å². The molecule has 3 rings (SSSR count). The van der Waals surface area contributed by atoms with E-state index in [9.17, 15) is 4.79 Å². The molecule has 1 atom stereocenters. The van der Waals surface area contributed by atoms with Crippen molar-refractivity contribution in [1.82, 2.24) is 25.1 Å². The third-order valence-electron chi connectivity index (χ3n) is 4.09. The number of anilines is 1. The lowest BCUT2D eigenvalue weighted by atomic mass is 10.2. The van der Waals surface area contributed by atoms with E-state index in [0.717, 1.165) is 19.5 Å². The summed E-state index contributed by atoms with van der Waals surface area (Å²) in [6.07, 6.45) is 1.00. The molecule has 1 amide bonds. The molecule has 24 heavy (non-hydrogen) atoms. The molecule has 1 aliphatic heterocycles. The molecule has 0 spiro atoms. The monoisotopic (exact) mass is 334 g/mol. The Bertz CT molecular complexity index is 697. The van der Waals surface area contributed by atoms with Gasteiger partial charge in [-0.05, 0) is 20.4 Å². The lowest BCUT2D eigenvalue weighted by molar-refractivity contribution is -0.117. The first-order valence-corrected chi connectivity index (χ1v) is 7.94. The molecule has 1 aliphatic rings. The highest BCUT2D eigenvalue weighted by atomic mass is 16.5. The van der Waals surface area contributed by atoms with Gasteiger partial charge in [0.15, 0.2) is 11.6 Å². The average Bonchev–Trinajstić information content (AvgIpc) is 3.22. The third-order valence-corrected chi connectivity index (χ3v) is 4.09. The number of carbonyl (C=O) groups excluding carboxylic acids is 1. The van der Waals surface area contributed by atoms with Crippen molar-refractivity contribution in [2.45, 2.75) is 32.9 Å². The predicted octanol–water partition coefficient (Wildman–Crippen LogP) is 0.819. The number of amides is 1. The number of nitrogens with zero attached hydrogens (tertiary/aromatic N) is 5. The predicted molar refractivity (Wildman–Crippen MR) is 85.2 cm³/mol. The summed E-state index contributed by atoms with van der Waals surface area (Å²) in [5.74, 6) is 2.31. The number of hydrogen-bond acceptors (Lipinski definition) is 8. The van der Waals surface area contributed by atoms with E-state index in [1.807, 2.05) is 7.05 Å². The van der Waals surface area contributed by atoms with E-state index < -0.39 is 0 Å². The number of aromatic nitrogens is 3. The van der Waals surface area contributed by atoms with Crippen LogP contribution < -0.4 is 5.32 Å². The van der Waals surface area contributed by atoms with Crippen LogP contribution >= 0.6 is 0 Å². The van der Waals surface area contributed by atoms with Crippen LogP contribution in [0.5, 0.6) is 0 Å². The number of likely N-dealkylation sites (tertiary alicyclic amines) is 1. The Morgan fingerprint density at radius 1 is 1.42 bits per heavy atom. The van der Waals surface area contributed by atoms with Gasteiger partial charge < -0.3 is 14.4 Å². The Labute approximate surface area is 140 Å². The van der Waals surface area contributed by atoms with E-state index >= 15 is 0 Å². The van der Waals surface area contributed by atoms with Crippen molar-refractivity contribution in [2.24, 2.45) is 0 Å². The summed E-state index contributed by atoms with van der Waals surface area (Å²) >= 11 is 0. The molecule has 1 saturated heterocycles. The highest BCUT2D eigenvalue weighted by Crippen LogP contribution is 2.16. The summed E-state index contributed by atoms with van der Waals surface area (Å²) in [7, 11) is 2.04. The molecule has 2 aromatic heterocycles. The van der Waals surface area contributed by atoms with Crippen LogP contribution in [0.15, 0.2) is 15.1 Å². The van der Waals surface area contributed by atoms with Crippen molar-refractivity contribution in [3.05, 3.63) is 23.5 Å². The van der Waals surface area contributed by atoms with Crippen molar-refractivity contribution >= 4 is 11.7 Å². The summed E-state index contributed by atoms with van der Waals surface area (Å²) in [5.41, 5.74) is 0. The van der Waals surface area contributed by atoms with Crippen LogP contribution in [0.4, 0.5) is 5.82 Å². The molecule has 0 saturated carbocycles. The molecule has 0 radical (unpaired) electrons. The van der Waals surface area contributed by atoms with Crippen molar-refractivity contribution in [3.8, 4) is 0 Å². The van der Waals surface area contributed by atoms with Gasteiger partial charge >= 0.3 is 0 Å². The standard InChI is InChI=1S/C15H22N6O3/c1-10-6-13(18-23-10)17-15(22)9-21-5-4-12(7-21)20(3)8-14-16-11(2)24-19-14/h6,12H,4-5,7-9H2,1-3H3,(H,17,18,22)/t12-/m0/s1. The number of carbonyl (C=O) groups is 1. The second-order valence-electron chi connectivity index (χ2n) is 6.19. The fourth-order valence-corrected chi connectivity index (χ4v) is 2.88. The van der Waals surface area contributed by atoms with Crippen LogP contribution in [0.1, 0.15) is 23.9 Å². The molecule has 0 unspecified atom stereocenters. The Hall–Kier alpha value is -2.26. The fourth-order valence-electron chi connectivity index (χ4n) is 2.88. The largest absolute Gasteiger partial charge is 0.360 e. The number of likely N-dealkylation sites (N-methyl/N-ethyl adjacent to an activating group) is 1. The van der Waals surface area contributed by atoms with Crippen LogP contribution in [0.25, 0.3) is 0 Å². The zero-order valence-corrected chi connectivity index (χ0v) is 14.2. The highest BCUT2D eigenvalue weighted by molar-refractivity contribution is 5.91. The molecular formula is C15H22N6O3. The molecule has 1 N–H and O–H groups in total. The lowest BCUT2D eigenvalue weighted by Crippen LogP contribution is -2.37. The van der Waals surface area contributed by atoms with Crippen LogP contribution in [-0.4, -0.2) is 63.7 Å². The van der Waals surface area contributed by atoms with E-state index in [0.29, 0.717) is 42.4 Å². The Kier molecular flexibility index (Phi) is 4.91. The molecule has 130 valence electrons. The maximum Gasteiger partial charge on any atom is 0.239 e. The number of aryl methyl sites for hydroxylation is 2. The fraction of sp³-hybridized carbons (Fsp3) is 0.600. The summed E-state index contributed by atoms with van der Waals surface area (Å²) in [4.78, 5) is 20.6. The topological polar surface area (TPSA) is 101 Å². The van der Waals surface area contributed by atoms with Gasteiger partial charge in [0.25, 0.3) is 0 Å². The third kappa shape index (κ3) is 4.18. The minimum atomic E-state index is -0.0830. The van der Waals surface area contributed by atoms with E-state index in [4.69, 9.17) is 9.05 Å². The van der Waals surface area contributed by atoms with Crippen molar-refractivity contribution < 1.29 is 13.8 Å². The first-order valence-electron chi connectivity index (χ1n) is 7.94. The minimum Gasteiger partial charge on any atom is -0.360 e. The lowest BCUT2D eigenvalue weighted by Gasteiger charge is -2.23. The molecule has 0 aliphatic carbocycles. The van der Waals surface area contributed by atoms with Gasteiger partial charge in [-0.1, -0.05) is 10.3 Å². The Morgan fingerprint density at radius 2 is 2.25 bits per heavy atom. The van der Waals surface area contributed by atoms with Gasteiger partial charge in [0.1, 0.15) is 5.76 Å². The highest BCUT2D eigenvalue weighted by Gasteiger charge is 2.27. The van der Waals surface area contributed by atoms with Gasteiger partial charge in [-0.2, -0.15) is 4.98 Å². The van der Waals surface area contributed by atoms with Crippen LogP contribution in [0.2, 0.25) is 0 Å². The van der Waals surface area contributed by atoms with Gasteiger partial charge in [-0.25, -0.2) is 0 Å². The minimum absolute atomic E-state index is 0.0830. The van der Waals surface area contributed by atoms with Crippen molar-refractivity contribution in [1.29, 1.82) is 0 Å². The van der Waals surface area contributed by atoms with Gasteiger partial charge in [0.05, 0.1) is 13.1 Å². The maximum atomic E-state index is 12.1. The molecule has 2 aromatic rings. The number of rotatable bonds is 6. The van der Waals surface area contributed by atoms with E-state index in [1.54, 1.807) is 19.9 Å². The first-order chi connectivity index (χ1) is 11.5. The second kappa shape index (κ2) is 7.10. The summed E-state index contributed by atoms with van der Waals surface area (Å²) in [5, 5.41) is 10.4. The Morgan fingerprint density at radius 3 is 2.92 bits per heavy atom. The van der Waals surface area contributed by atoms with Crippen LogP contribution in [0, 0.1) is 13.8 Å².